The highest BCUT2D eigenvalue weighted by atomic mass is 16.5. The minimum absolute atomic E-state index is 0.136. The number of hydrogen-bond donors (Lipinski definition) is 2. The summed E-state index contributed by atoms with van der Waals surface area (Å²) < 4.78 is 5.10. The number of pyridine rings is 1. The van der Waals surface area contributed by atoms with Gasteiger partial charge in [0.15, 0.2) is 5.56 Å². The Morgan fingerprint density at radius 2 is 2.00 bits per heavy atom. The lowest BCUT2D eigenvalue weighted by atomic mass is 9.97. The zero-order valence-corrected chi connectivity index (χ0v) is 13.8. The van der Waals surface area contributed by atoms with Crippen LogP contribution in [-0.4, -0.2) is 27.1 Å². The van der Waals surface area contributed by atoms with Crippen LogP contribution in [-0.2, 0) is 4.79 Å². The molecule has 0 unspecified atom stereocenters. The summed E-state index contributed by atoms with van der Waals surface area (Å²) in [5, 5.41) is 15.9. The molecule has 7 heteroatoms. The predicted molar refractivity (Wildman–Crippen MR) is 88.6 cm³/mol. The molecule has 0 radical (unpaired) electrons. The molecule has 2 N–H and O–H groups in total. The highest BCUT2D eigenvalue weighted by molar-refractivity contribution is 6.03. The lowest BCUT2D eigenvalue weighted by Gasteiger charge is -2.13. The van der Waals surface area contributed by atoms with Crippen LogP contribution in [0.1, 0.15) is 49.9 Å². The van der Waals surface area contributed by atoms with E-state index in [2.05, 4.69) is 15.5 Å². The van der Waals surface area contributed by atoms with E-state index < -0.39 is 5.97 Å². The van der Waals surface area contributed by atoms with Crippen LogP contribution < -0.4 is 5.32 Å². The Morgan fingerprint density at radius 1 is 1.29 bits per heavy atom. The van der Waals surface area contributed by atoms with Gasteiger partial charge >= 0.3 is 5.97 Å². The van der Waals surface area contributed by atoms with Crippen LogP contribution in [0.3, 0.4) is 0 Å². The van der Waals surface area contributed by atoms with Crippen LogP contribution in [0.25, 0.3) is 11.3 Å². The van der Waals surface area contributed by atoms with Crippen LogP contribution >= 0.6 is 0 Å². The highest BCUT2D eigenvalue weighted by Gasteiger charge is 2.27. The predicted octanol–water partition coefficient (Wildman–Crippen LogP) is 3.59. The fourth-order valence-electron chi connectivity index (χ4n) is 2.59. The molecule has 0 aliphatic carbocycles. The molecule has 0 saturated carbocycles. The number of hydrogen-bond acceptors (Lipinski definition) is 5. The van der Waals surface area contributed by atoms with Gasteiger partial charge in [0.1, 0.15) is 5.69 Å². The van der Waals surface area contributed by atoms with Gasteiger partial charge < -0.3 is 9.63 Å². The standard InChI is InChI=1S/C17H21N3O4/c1-3-6-11(7-4-2)15(21)19-16-13(17(22)23)14(20-24-16)12-8-5-9-18-10-12/h5,8-11H,3-4,6-7H2,1-2H3,(H,19,21)(H,22,23). The summed E-state index contributed by atoms with van der Waals surface area (Å²) in [7, 11) is 0. The summed E-state index contributed by atoms with van der Waals surface area (Å²) >= 11 is 0. The smallest absolute Gasteiger partial charge is 0.343 e. The quantitative estimate of drug-likeness (QED) is 0.766. The summed E-state index contributed by atoms with van der Waals surface area (Å²) in [6.07, 6.45) is 6.31. The van der Waals surface area contributed by atoms with Crippen molar-refractivity contribution in [3.8, 4) is 11.3 Å². The molecule has 0 atom stereocenters. The van der Waals surface area contributed by atoms with Crippen molar-refractivity contribution in [2.45, 2.75) is 39.5 Å². The third kappa shape index (κ3) is 3.98. The molecule has 0 saturated heterocycles. The first-order chi connectivity index (χ1) is 11.6. The Morgan fingerprint density at radius 3 is 2.54 bits per heavy atom. The lowest BCUT2D eigenvalue weighted by Crippen LogP contribution is -2.23. The van der Waals surface area contributed by atoms with Crippen molar-refractivity contribution >= 4 is 17.8 Å². The van der Waals surface area contributed by atoms with Crippen molar-refractivity contribution < 1.29 is 19.2 Å². The maximum Gasteiger partial charge on any atom is 0.343 e. The number of carbonyl (C=O) groups is 2. The summed E-state index contributed by atoms with van der Waals surface area (Å²) in [4.78, 5) is 28.0. The molecule has 2 aromatic heterocycles. The van der Waals surface area contributed by atoms with Gasteiger partial charge in [0.25, 0.3) is 0 Å². The van der Waals surface area contributed by atoms with E-state index in [1.807, 2.05) is 13.8 Å². The molecule has 1 amide bonds. The van der Waals surface area contributed by atoms with E-state index in [4.69, 9.17) is 4.52 Å². The number of nitrogens with one attached hydrogen (secondary N) is 1. The average Bonchev–Trinajstić information content (AvgIpc) is 2.99. The number of carboxylic acids is 1. The molecule has 2 rings (SSSR count). The minimum Gasteiger partial charge on any atom is -0.477 e. The van der Waals surface area contributed by atoms with Crippen molar-refractivity contribution in [2.75, 3.05) is 5.32 Å². The molecule has 0 bridgehead atoms. The summed E-state index contributed by atoms with van der Waals surface area (Å²) in [6, 6.07) is 3.35. The van der Waals surface area contributed by atoms with Crippen LogP contribution in [0.4, 0.5) is 5.88 Å². The largest absolute Gasteiger partial charge is 0.477 e. The maximum absolute atomic E-state index is 12.4. The van der Waals surface area contributed by atoms with E-state index in [-0.39, 0.29) is 29.0 Å². The fourth-order valence-corrected chi connectivity index (χ4v) is 2.59. The van der Waals surface area contributed by atoms with Crippen LogP contribution in [0.15, 0.2) is 29.0 Å². The fraction of sp³-hybridized carbons (Fsp3) is 0.412. The van der Waals surface area contributed by atoms with Gasteiger partial charge in [-0.05, 0) is 25.0 Å². The average molecular weight is 331 g/mol. The SMILES string of the molecule is CCCC(CCC)C(=O)Nc1onc(-c2cccnc2)c1C(=O)O. The van der Waals surface area contributed by atoms with Gasteiger partial charge in [-0.15, -0.1) is 0 Å². The van der Waals surface area contributed by atoms with E-state index in [0.29, 0.717) is 5.56 Å². The topological polar surface area (TPSA) is 105 Å². The second-order valence-electron chi connectivity index (χ2n) is 5.55. The Hall–Kier alpha value is -2.70. The summed E-state index contributed by atoms with van der Waals surface area (Å²) in [6.45, 7) is 4.02. The number of aromatic carboxylic acids is 1. The van der Waals surface area contributed by atoms with E-state index in [9.17, 15) is 14.7 Å². The van der Waals surface area contributed by atoms with Gasteiger partial charge in [0.05, 0.1) is 0 Å². The molecule has 0 aliphatic heterocycles. The zero-order valence-electron chi connectivity index (χ0n) is 13.8. The maximum atomic E-state index is 12.4. The van der Waals surface area contributed by atoms with E-state index in [1.165, 1.54) is 6.20 Å². The molecule has 0 fully saturated rings. The zero-order chi connectivity index (χ0) is 17.5. The van der Waals surface area contributed by atoms with Gasteiger partial charge in [-0.25, -0.2) is 4.79 Å². The monoisotopic (exact) mass is 331 g/mol. The second-order valence-corrected chi connectivity index (χ2v) is 5.55. The van der Waals surface area contributed by atoms with E-state index >= 15 is 0 Å². The van der Waals surface area contributed by atoms with Gasteiger partial charge in [-0.2, -0.15) is 0 Å². The number of anilines is 1. The molecular formula is C17H21N3O4. The molecule has 0 spiro atoms. The van der Waals surface area contributed by atoms with Crippen molar-refractivity contribution in [1.82, 2.24) is 10.1 Å². The molecule has 7 nitrogen and oxygen atoms in total. The van der Waals surface area contributed by atoms with Gasteiger partial charge in [0, 0.05) is 23.9 Å². The van der Waals surface area contributed by atoms with Crippen molar-refractivity contribution in [3.63, 3.8) is 0 Å². The Balaban J connectivity index is 2.29. The number of carbonyl (C=O) groups excluding carboxylic acids is 1. The highest BCUT2D eigenvalue weighted by Crippen LogP contribution is 2.29. The van der Waals surface area contributed by atoms with Crippen LogP contribution in [0.5, 0.6) is 0 Å². The Bertz CT molecular complexity index is 691. The Labute approximate surface area is 140 Å². The number of aromatic nitrogens is 2. The van der Waals surface area contributed by atoms with Crippen molar-refractivity contribution in [1.29, 1.82) is 0 Å². The van der Waals surface area contributed by atoms with Gasteiger partial charge in [0.2, 0.25) is 11.8 Å². The normalized spacial score (nSPS) is 10.8. The molecule has 24 heavy (non-hydrogen) atoms. The lowest BCUT2D eigenvalue weighted by molar-refractivity contribution is -0.120. The second kappa shape index (κ2) is 8.24. The molecule has 0 aromatic carbocycles. The van der Waals surface area contributed by atoms with Gasteiger partial charge in [-0.1, -0.05) is 31.8 Å². The first kappa shape index (κ1) is 17.7. The van der Waals surface area contributed by atoms with E-state index in [0.717, 1.165) is 25.7 Å². The number of rotatable bonds is 8. The molecular weight excluding hydrogens is 310 g/mol. The molecule has 2 heterocycles. The minimum atomic E-state index is -1.21. The molecule has 128 valence electrons. The number of carboxylic acid groups (broad SMARTS) is 1. The third-order valence-corrected chi connectivity index (χ3v) is 3.72. The molecule has 2 aromatic rings. The summed E-state index contributed by atoms with van der Waals surface area (Å²) in [5.74, 6) is -1.76. The van der Waals surface area contributed by atoms with Gasteiger partial charge in [-0.3, -0.25) is 15.1 Å². The summed E-state index contributed by atoms with van der Waals surface area (Å²) in [5.41, 5.74) is 0.495. The van der Waals surface area contributed by atoms with Crippen LogP contribution in [0, 0.1) is 5.92 Å². The van der Waals surface area contributed by atoms with Crippen LogP contribution in [0.2, 0.25) is 0 Å². The first-order valence-corrected chi connectivity index (χ1v) is 8.02. The molecule has 0 aliphatic rings. The number of nitrogens with zero attached hydrogens (tertiary/aromatic N) is 2. The van der Waals surface area contributed by atoms with Crippen molar-refractivity contribution in [3.05, 3.63) is 30.1 Å². The third-order valence-electron chi connectivity index (χ3n) is 3.72. The Kier molecular flexibility index (Phi) is 6.06. The number of amides is 1. The first-order valence-electron chi connectivity index (χ1n) is 8.02. The van der Waals surface area contributed by atoms with Crippen molar-refractivity contribution in [2.24, 2.45) is 5.92 Å². The van der Waals surface area contributed by atoms with E-state index in [1.54, 1.807) is 18.3 Å².